The van der Waals surface area contributed by atoms with E-state index in [1.807, 2.05) is 12.4 Å². The predicted octanol–water partition coefficient (Wildman–Crippen LogP) is 0.807. The van der Waals surface area contributed by atoms with Gasteiger partial charge in [-0.3, -0.25) is 14.7 Å². The number of amides is 1. The number of carbonyl (C=O) groups excluding carboxylic acids is 1. The second-order valence-corrected chi connectivity index (χ2v) is 5.65. The van der Waals surface area contributed by atoms with Crippen molar-refractivity contribution in [3.63, 3.8) is 0 Å². The van der Waals surface area contributed by atoms with Crippen molar-refractivity contribution in [3.8, 4) is 0 Å². The minimum absolute atomic E-state index is 0.0140. The van der Waals surface area contributed by atoms with Crippen molar-refractivity contribution in [1.29, 1.82) is 0 Å². The number of piperidine rings is 1. The summed E-state index contributed by atoms with van der Waals surface area (Å²) in [5.41, 5.74) is 1.28. The number of likely N-dealkylation sites (tertiary alicyclic amines) is 1. The molecule has 2 aliphatic rings. The van der Waals surface area contributed by atoms with E-state index in [0.29, 0.717) is 5.92 Å². The molecule has 1 amide bonds. The number of fused-ring (bicyclic) bond motifs is 1. The van der Waals surface area contributed by atoms with E-state index in [0.717, 1.165) is 32.5 Å². The van der Waals surface area contributed by atoms with Gasteiger partial charge in [-0.25, -0.2) is 0 Å². The average Bonchev–Trinajstić information content (AvgIpc) is 2.90. The van der Waals surface area contributed by atoms with Crippen LogP contribution < -0.4 is 5.32 Å². The molecule has 1 N–H and O–H groups in total. The molecule has 0 saturated carbocycles. The van der Waals surface area contributed by atoms with E-state index in [1.165, 1.54) is 5.56 Å². The van der Waals surface area contributed by atoms with Crippen LogP contribution in [0.15, 0.2) is 24.5 Å². The minimum atomic E-state index is -0.254. The second-order valence-electron chi connectivity index (χ2n) is 5.65. The van der Waals surface area contributed by atoms with Crippen LogP contribution in [0, 0.1) is 5.92 Å². The van der Waals surface area contributed by atoms with Crippen LogP contribution in [0.5, 0.6) is 0 Å². The Morgan fingerprint density at radius 1 is 1.50 bits per heavy atom. The van der Waals surface area contributed by atoms with Crippen molar-refractivity contribution in [2.75, 3.05) is 20.1 Å². The highest BCUT2D eigenvalue weighted by Crippen LogP contribution is 2.33. The number of ether oxygens (including phenoxy) is 1. The van der Waals surface area contributed by atoms with Gasteiger partial charge in [0.1, 0.15) is 6.10 Å². The normalized spacial score (nSPS) is 29.9. The van der Waals surface area contributed by atoms with Gasteiger partial charge < -0.3 is 10.1 Å². The van der Waals surface area contributed by atoms with E-state index in [1.54, 1.807) is 7.05 Å². The number of aromatic nitrogens is 1. The molecule has 3 heterocycles. The average molecular weight is 275 g/mol. The molecular formula is C15H21N3O2. The van der Waals surface area contributed by atoms with Crippen molar-refractivity contribution < 1.29 is 9.53 Å². The van der Waals surface area contributed by atoms with Gasteiger partial charge in [0.05, 0.1) is 6.10 Å². The van der Waals surface area contributed by atoms with Crippen LogP contribution in [0.25, 0.3) is 0 Å². The molecule has 2 aliphatic heterocycles. The van der Waals surface area contributed by atoms with Crippen LogP contribution in [0.2, 0.25) is 0 Å². The summed E-state index contributed by atoms with van der Waals surface area (Å²) in [6.07, 6.45) is 5.59. The van der Waals surface area contributed by atoms with Crippen molar-refractivity contribution in [3.05, 3.63) is 30.1 Å². The highest BCUT2D eigenvalue weighted by molar-refractivity contribution is 5.80. The highest BCUT2D eigenvalue weighted by Gasteiger charge is 2.41. The Morgan fingerprint density at radius 3 is 3.05 bits per heavy atom. The molecular weight excluding hydrogens is 254 g/mol. The van der Waals surface area contributed by atoms with Gasteiger partial charge in [-0.05, 0) is 43.0 Å². The summed E-state index contributed by atoms with van der Waals surface area (Å²) in [7, 11) is 1.67. The molecule has 1 aromatic rings. The van der Waals surface area contributed by atoms with Crippen molar-refractivity contribution in [1.82, 2.24) is 15.2 Å². The zero-order valence-electron chi connectivity index (χ0n) is 11.8. The standard InChI is InChI=1S/C15H21N3O2/c1-16-15(19)13-8-12-4-7-18(10-14(12)20-13)9-11-2-5-17-6-3-11/h2-3,5-6,12-14H,4,7-10H2,1H3,(H,16,19)/t12-,13-,14+/m0/s1. The number of likely N-dealkylation sites (N-methyl/N-ethyl adjacent to an activating group) is 1. The molecule has 1 aromatic heterocycles. The molecule has 20 heavy (non-hydrogen) atoms. The summed E-state index contributed by atoms with van der Waals surface area (Å²) in [5, 5.41) is 2.68. The van der Waals surface area contributed by atoms with Gasteiger partial charge in [0.2, 0.25) is 5.91 Å². The van der Waals surface area contributed by atoms with E-state index in [9.17, 15) is 4.79 Å². The van der Waals surface area contributed by atoms with Crippen LogP contribution in [0.4, 0.5) is 0 Å². The Kier molecular flexibility index (Phi) is 3.98. The van der Waals surface area contributed by atoms with E-state index >= 15 is 0 Å². The SMILES string of the molecule is CNC(=O)[C@@H]1C[C@@H]2CCN(Cc3ccncc3)C[C@H]2O1. The van der Waals surface area contributed by atoms with Crippen LogP contribution in [0.3, 0.4) is 0 Å². The zero-order valence-corrected chi connectivity index (χ0v) is 11.8. The van der Waals surface area contributed by atoms with Crippen LogP contribution >= 0.6 is 0 Å². The maximum absolute atomic E-state index is 11.7. The third-order valence-electron chi connectivity index (χ3n) is 4.33. The number of nitrogens with zero attached hydrogens (tertiary/aromatic N) is 2. The third kappa shape index (κ3) is 2.83. The molecule has 0 radical (unpaired) electrons. The summed E-state index contributed by atoms with van der Waals surface area (Å²) in [5.74, 6) is 0.547. The highest BCUT2D eigenvalue weighted by atomic mass is 16.5. The molecule has 0 unspecified atom stereocenters. The first-order valence-corrected chi connectivity index (χ1v) is 7.24. The molecule has 0 spiro atoms. The van der Waals surface area contributed by atoms with E-state index in [2.05, 4.69) is 27.3 Å². The molecule has 0 bridgehead atoms. The lowest BCUT2D eigenvalue weighted by atomic mass is 9.91. The minimum Gasteiger partial charge on any atom is -0.364 e. The third-order valence-corrected chi connectivity index (χ3v) is 4.33. The van der Waals surface area contributed by atoms with Gasteiger partial charge in [0, 0.05) is 32.5 Å². The maximum Gasteiger partial charge on any atom is 0.248 e. The largest absolute Gasteiger partial charge is 0.364 e. The Morgan fingerprint density at radius 2 is 2.30 bits per heavy atom. The Hall–Kier alpha value is -1.46. The fourth-order valence-corrected chi connectivity index (χ4v) is 3.21. The van der Waals surface area contributed by atoms with E-state index < -0.39 is 0 Å². The van der Waals surface area contributed by atoms with Crippen LogP contribution in [-0.4, -0.2) is 48.1 Å². The molecule has 108 valence electrons. The van der Waals surface area contributed by atoms with Gasteiger partial charge in [-0.1, -0.05) is 0 Å². The van der Waals surface area contributed by atoms with Crippen LogP contribution in [0.1, 0.15) is 18.4 Å². The van der Waals surface area contributed by atoms with Gasteiger partial charge in [-0.15, -0.1) is 0 Å². The number of nitrogens with one attached hydrogen (secondary N) is 1. The topological polar surface area (TPSA) is 54.5 Å². The Labute approximate surface area is 119 Å². The number of hydrogen-bond acceptors (Lipinski definition) is 4. The van der Waals surface area contributed by atoms with Crippen molar-refractivity contribution >= 4 is 5.91 Å². The second kappa shape index (κ2) is 5.89. The fraction of sp³-hybridized carbons (Fsp3) is 0.600. The lowest BCUT2D eigenvalue weighted by molar-refractivity contribution is -0.132. The summed E-state index contributed by atoms with van der Waals surface area (Å²) >= 11 is 0. The van der Waals surface area contributed by atoms with Gasteiger partial charge in [0.15, 0.2) is 0 Å². The predicted molar refractivity (Wildman–Crippen MR) is 75.0 cm³/mol. The van der Waals surface area contributed by atoms with Gasteiger partial charge in [0.25, 0.3) is 0 Å². The van der Waals surface area contributed by atoms with Gasteiger partial charge >= 0.3 is 0 Å². The van der Waals surface area contributed by atoms with Crippen LogP contribution in [-0.2, 0) is 16.1 Å². The Balaban J connectivity index is 1.57. The van der Waals surface area contributed by atoms with E-state index in [4.69, 9.17) is 4.74 Å². The van der Waals surface area contributed by atoms with E-state index in [-0.39, 0.29) is 18.1 Å². The molecule has 5 nitrogen and oxygen atoms in total. The molecule has 5 heteroatoms. The fourth-order valence-electron chi connectivity index (χ4n) is 3.21. The quantitative estimate of drug-likeness (QED) is 0.887. The summed E-state index contributed by atoms with van der Waals surface area (Å²) < 4.78 is 5.92. The van der Waals surface area contributed by atoms with Gasteiger partial charge in [-0.2, -0.15) is 0 Å². The maximum atomic E-state index is 11.7. The molecule has 2 saturated heterocycles. The number of pyridine rings is 1. The number of carbonyl (C=O) groups is 1. The first kappa shape index (κ1) is 13.5. The van der Waals surface area contributed by atoms with Crippen molar-refractivity contribution in [2.45, 2.75) is 31.6 Å². The summed E-state index contributed by atoms with van der Waals surface area (Å²) in [4.78, 5) is 18.1. The zero-order chi connectivity index (χ0) is 13.9. The lowest BCUT2D eigenvalue weighted by Crippen LogP contribution is -2.42. The smallest absolute Gasteiger partial charge is 0.248 e. The summed E-state index contributed by atoms with van der Waals surface area (Å²) in [6, 6.07) is 4.10. The molecule has 2 fully saturated rings. The summed E-state index contributed by atoms with van der Waals surface area (Å²) in [6.45, 7) is 2.92. The lowest BCUT2D eigenvalue weighted by Gasteiger charge is -2.34. The first-order chi connectivity index (χ1) is 9.76. The molecule has 0 aromatic carbocycles. The Bertz CT molecular complexity index is 465. The number of rotatable bonds is 3. The first-order valence-electron chi connectivity index (χ1n) is 7.24. The number of hydrogen-bond donors (Lipinski definition) is 1. The van der Waals surface area contributed by atoms with Crippen molar-refractivity contribution in [2.24, 2.45) is 5.92 Å². The monoisotopic (exact) mass is 275 g/mol. The molecule has 0 aliphatic carbocycles. The molecule has 3 atom stereocenters. The molecule has 3 rings (SSSR count).